The summed E-state index contributed by atoms with van der Waals surface area (Å²) < 4.78 is 60.6. The molecule has 3 unspecified atom stereocenters. The molecule has 56 heavy (non-hydrogen) atoms. The largest absolute Gasteiger partial charge is 0.491 e. The summed E-state index contributed by atoms with van der Waals surface area (Å²) >= 11 is 8.09. The molecule has 11 nitrogen and oxygen atoms in total. The molecule has 7 heterocycles. The van der Waals surface area contributed by atoms with Gasteiger partial charge in [0, 0.05) is 55.6 Å². The van der Waals surface area contributed by atoms with E-state index in [2.05, 4.69) is 26.0 Å². The number of nitrogens with two attached hydrogens (primary N) is 1. The average Bonchev–Trinajstić information content (AvgIpc) is 4.01. The number of pyridine rings is 1. The zero-order chi connectivity index (χ0) is 38.6. The molecule has 0 radical (unpaired) electrons. The van der Waals surface area contributed by atoms with E-state index in [1.165, 1.54) is 12.1 Å². The van der Waals surface area contributed by atoms with E-state index in [9.17, 15) is 14.4 Å². The Morgan fingerprint density at radius 2 is 2.05 bits per heavy atom. The number of carbonyl (C=O) groups is 1. The molecule has 0 bridgehead atoms. The highest BCUT2D eigenvalue weighted by Crippen LogP contribution is 2.54. The Bertz CT molecular complexity index is 2430. The molecule has 4 saturated heterocycles. The van der Waals surface area contributed by atoms with Gasteiger partial charge in [0.1, 0.15) is 47.5 Å². The van der Waals surface area contributed by atoms with Crippen LogP contribution >= 0.6 is 22.9 Å². The first-order valence-electron chi connectivity index (χ1n) is 19.3. The number of fused-ring (bicyclic) bond motifs is 2. The Kier molecular flexibility index (Phi) is 8.49. The monoisotopic (exact) mass is 802 g/mol. The number of amides is 1. The van der Waals surface area contributed by atoms with Gasteiger partial charge in [-0.15, -0.1) is 11.3 Å². The summed E-state index contributed by atoms with van der Waals surface area (Å²) in [7, 11) is 0. The standard InChI is InChI=1S/C40H38ClF3N8O3S/c1-47-32-26-22(6-7-24(43)36(26)56-37(32)46)25-28(41)35-27-31(29(25)44)49-38(55-18-40-9-2-10-51(40)16-20(42)14-40)23(15-45)34(27)52(11-3-13-54-35)21-8-12-50(17-21)39(53)33-30(48-33)19-4-5-19/h6-7,19-21,30,33,48H,2-5,8-14,16-18,46H2/t20-,21?,30?,33?,40+/m1/s1. The molecule has 16 heteroatoms. The number of nitriles is 1. The van der Waals surface area contributed by atoms with Gasteiger partial charge in [-0.05, 0) is 62.6 Å². The number of thiophene rings is 1. The molecule has 2 aromatic carbocycles. The van der Waals surface area contributed by atoms with Crippen LogP contribution in [0.5, 0.6) is 11.6 Å². The predicted octanol–water partition coefficient (Wildman–Crippen LogP) is 6.95. The number of benzene rings is 2. The Labute approximate surface area is 329 Å². The fourth-order valence-electron chi connectivity index (χ4n) is 9.89. The minimum Gasteiger partial charge on any atom is -0.491 e. The highest BCUT2D eigenvalue weighted by molar-refractivity contribution is 7.23. The number of hydrogen-bond donors (Lipinski definition) is 2. The number of nitrogens with one attached hydrogen (secondary N) is 1. The number of halogens is 4. The number of nitrogens with zero attached hydrogens (tertiary/aromatic N) is 6. The number of nitrogen functional groups attached to an aromatic ring is 1. The van der Waals surface area contributed by atoms with Crippen LogP contribution in [-0.2, 0) is 4.79 Å². The van der Waals surface area contributed by atoms with E-state index >= 15 is 8.78 Å². The molecule has 1 amide bonds. The predicted molar refractivity (Wildman–Crippen MR) is 207 cm³/mol. The number of hydrogen-bond acceptors (Lipinski definition) is 10. The third kappa shape index (κ3) is 5.49. The molecule has 3 N–H and O–H groups in total. The van der Waals surface area contributed by atoms with Crippen molar-refractivity contribution in [2.45, 2.75) is 74.8 Å². The maximum atomic E-state index is 17.7. The van der Waals surface area contributed by atoms with E-state index in [1.54, 1.807) is 0 Å². The van der Waals surface area contributed by atoms with E-state index in [1.807, 2.05) is 4.90 Å². The maximum absolute atomic E-state index is 17.7. The smallest absolute Gasteiger partial charge is 0.241 e. The lowest BCUT2D eigenvalue weighted by Crippen LogP contribution is -2.44. The summed E-state index contributed by atoms with van der Waals surface area (Å²) in [5, 5.41) is 14.6. The SMILES string of the molecule is [C-]#[N+]c1c(N)sc2c(F)ccc(-c3c(Cl)c4c5c(c(C#N)c(OC[C@@]67CCCN6C[C@H](F)C7)nc5c3F)N(C3CCN(C(=O)C5NC5C5CC5)C3)CCCO4)c12. The lowest BCUT2D eigenvalue weighted by atomic mass is 9.94. The van der Waals surface area contributed by atoms with Crippen molar-refractivity contribution in [2.24, 2.45) is 5.92 Å². The van der Waals surface area contributed by atoms with E-state index < -0.39 is 23.3 Å². The van der Waals surface area contributed by atoms with E-state index in [-0.39, 0.29) is 109 Å². The van der Waals surface area contributed by atoms with Gasteiger partial charge < -0.3 is 25.0 Å². The van der Waals surface area contributed by atoms with Crippen molar-refractivity contribution in [3.05, 3.63) is 45.8 Å². The molecule has 5 aliphatic heterocycles. The number of likely N-dealkylation sites (tertiary alicyclic amines) is 1. The third-order valence-corrected chi connectivity index (χ3v) is 14.1. The molecule has 2 aromatic heterocycles. The second-order valence-corrected chi connectivity index (χ2v) is 17.5. The number of alkyl halides is 1. The second-order valence-electron chi connectivity index (χ2n) is 16.0. The van der Waals surface area contributed by atoms with E-state index in [4.69, 9.17) is 38.4 Å². The van der Waals surface area contributed by atoms with Crippen LogP contribution in [0.3, 0.4) is 0 Å². The highest BCUT2D eigenvalue weighted by atomic mass is 35.5. The minimum absolute atomic E-state index is 0.0180. The van der Waals surface area contributed by atoms with Crippen molar-refractivity contribution in [2.75, 3.05) is 56.6 Å². The Balaban J connectivity index is 1.15. The van der Waals surface area contributed by atoms with Gasteiger partial charge in [0.05, 0.1) is 44.5 Å². The van der Waals surface area contributed by atoms with Crippen LogP contribution in [0.1, 0.15) is 50.5 Å². The summed E-state index contributed by atoms with van der Waals surface area (Å²) in [6.07, 6.45) is 4.26. The first-order chi connectivity index (χ1) is 27.1. The quantitative estimate of drug-likeness (QED) is 0.151. The van der Waals surface area contributed by atoms with Crippen molar-refractivity contribution in [3.8, 4) is 28.8 Å². The first kappa shape index (κ1) is 35.8. The summed E-state index contributed by atoms with van der Waals surface area (Å²) in [5.74, 6) is -0.863. The lowest BCUT2D eigenvalue weighted by Gasteiger charge is -2.36. The number of carbonyl (C=O) groups excluding carboxylic acids is 1. The highest BCUT2D eigenvalue weighted by Gasteiger charge is 2.53. The molecule has 6 aliphatic rings. The maximum Gasteiger partial charge on any atom is 0.241 e. The molecule has 10 rings (SSSR count). The summed E-state index contributed by atoms with van der Waals surface area (Å²) in [6, 6.07) is 4.70. The van der Waals surface area contributed by atoms with Gasteiger partial charge in [0.25, 0.3) is 0 Å². The molecule has 4 aromatic rings. The average molecular weight is 803 g/mol. The number of rotatable bonds is 7. The number of anilines is 2. The van der Waals surface area contributed by atoms with Gasteiger partial charge in [0.15, 0.2) is 5.82 Å². The van der Waals surface area contributed by atoms with Gasteiger partial charge in [0.2, 0.25) is 17.5 Å². The number of ether oxygens (including phenoxy) is 2. The minimum atomic E-state index is -1.01. The first-order valence-corrected chi connectivity index (χ1v) is 20.4. The van der Waals surface area contributed by atoms with E-state index in [0.717, 1.165) is 37.1 Å². The van der Waals surface area contributed by atoms with Gasteiger partial charge in [-0.25, -0.2) is 23.0 Å². The van der Waals surface area contributed by atoms with Crippen molar-refractivity contribution in [1.82, 2.24) is 20.1 Å². The number of aromatic nitrogens is 1. The molecule has 0 spiro atoms. The van der Waals surface area contributed by atoms with E-state index in [0.29, 0.717) is 57.0 Å². The third-order valence-electron chi connectivity index (χ3n) is 12.7. The van der Waals surface area contributed by atoms with Gasteiger partial charge in [-0.1, -0.05) is 17.7 Å². The molecular weight excluding hydrogens is 765 g/mol. The van der Waals surface area contributed by atoms with Gasteiger partial charge in [-0.3, -0.25) is 15.0 Å². The van der Waals surface area contributed by atoms with Crippen LogP contribution in [0.2, 0.25) is 5.02 Å². The molecule has 290 valence electrons. The lowest BCUT2D eigenvalue weighted by molar-refractivity contribution is -0.129. The van der Waals surface area contributed by atoms with Crippen molar-refractivity contribution >= 4 is 66.2 Å². The summed E-state index contributed by atoms with van der Waals surface area (Å²) in [4.78, 5) is 27.9. The summed E-state index contributed by atoms with van der Waals surface area (Å²) in [6.45, 7) is 10.5. The fourth-order valence-corrected chi connectivity index (χ4v) is 11.2. The zero-order valence-corrected chi connectivity index (χ0v) is 31.9. The van der Waals surface area contributed by atoms with Crippen molar-refractivity contribution < 1.29 is 27.4 Å². The van der Waals surface area contributed by atoms with Crippen LogP contribution in [0.25, 0.3) is 37.0 Å². The molecule has 5 atom stereocenters. The zero-order valence-electron chi connectivity index (χ0n) is 30.3. The Hall–Kier alpha value is -4.54. The van der Waals surface area contributed by atoms with Crippen LogP contribution in [0.15, 0.2) is 12.1 Å². The van der Waals surface area contributed by atoms with Crippen LogP contribution in [0.4, 0.5) is 29.5 Å². The molecule has 1 aliphatic carbocycles. The normalized spacial score (nSPS) is 27.2. The van der Waals surface area contributed by atoms with Crippen molar-refractivity contribution in [3.63, 3.8) is 0 Å². The van der Waals surface area contributed by atoms with Crippen LogP contribution in [-0.4, -0.2) is 96.5 Å². The second kappa shape index (κ2) is 13.3. The molecule has 5 fully saturated rings. The van der Waals surface area contributed by atoms with Gasteiger partial charge >= 0.3 is 0 Å². The Morgan fingerprint density at radius 3 is 2.84 bits per heavy atom. The Morgan fingerprint density at radius 1 is 1.21 bits per heavy atom. The van der Waals surface area contributed by atoms with Crippen molar-refractivity contribution in [1.29, 1.82) is 5.26 Å². The summed E-state index contributed by atoms with van der Waals surface area (Å²) in [5.41, 5.74) is 5.78. The molecule has 1 saturated carbocycles. The topological polar surface area (TPSA) is 134 Å². The fraction of sp³-hybridized carbons (Fsp3) is 0.500. The molecular formula is C40H38ClF3N8O3S. The van der Waals surface area contributed by atoms with Crippen LogP contribution in [0, 0.1) is 35.5 Å². The van der Waals surface area contributed by atoms with Gasteiger partial charge in [-0.2, -0.15) is 5.26 Å². The van der Waals surface area contributed by atoms with Crippen LogP contribution < -0.4 is 25.4 Å².